The molecule has 8 nitrogen and oxygen atoms in total. The standard InChI is InChI=1S/C25H23ClFN7O/c1-13-5-4-8-34(13)20-10-18(26)22(27)21(23(20)29-2)24-17(12-30-33(24)3)14-6-7-15-16(9-14)19(11-28)31-32-25(15)35/h6-7,9-10,12-13H,4-5,8,11,28H2,1,3H3,(H,32,35). The Bertz CT molecular complexity index is 1570. The van der Waals surface area contributed by atoms with Gasteiger partial charge in [0.1, 0.15) is 5.82 Å². The number of hydrogen-bond acceptors (Lipinski definition) is 5. The fraction of sp³-hybridized carbons (Fsp3) is 0.280. The van der Waals surface area contributed by atoms with Gasteiger partial charge in [0.25, 0.3) is 5.56 Å². The topological polar surface area (TPSA) is 97.2 Å². The minimum atomic E-state index is -0.667. The van der Waals surface area contributed by atoms with E-state index in [0.717, 1.165) is 19.4 Å². The summed E-state index contributed by atoms with van der Waals surface area (Å²) < 4.78 is 17.2. The lowest BCUT2D eigenvalue weighted by Gasteiger charge is -2.27. The van der Waals surface area contributed by atoms with Gasteiger partial charge in [0, 0.05) is 48.4 Å². The molecule has 3 heterocycles. The van der Waals surface area contributed by atoms with Gasteiger partial charge in [0.05, 0.1) is 34.6 Å². The van der Waals surface area contributed by atoms with Crippen molar-refractivity contribution in [3.63, 3.8) is 0 Å². The van der Waals surface area contributed by atoms with Crippen molar-refractivity contribution in [2.75, 3.05) is 11.4 Å². The van der Waals surface area contributed by atoms with Gasteiger partial charge in [-0.1, -0.05) is 17.7 Å². The summed E-state index contributed by atoms with van der Waals surface area (Å²) in [5.74, 6) is -0.667. The lowest BCUT2D eigenvalue weighted by molar-refractivity contribution is 0.628. The molecule has 1 saturated heterocycles. The first-order chi connectivity index (χ1) is 16.8. The molecule has 0 amide bonds. The highest BCUT2D eigenvalue weighted by Crippen LogP contribution is 2.48. The fourth-order valence-corrected chi connectivity index (χ4v) is 5.13. The Balaban J connectivity index is 1.78. The first kappa shape index (κ1) is 23.0. The Morgan fingerprint density at radius 2 is 2.14 bits per heavy atom. The molecule has 1 unspecified atom stereocenters. The van der Waals surface area contributed by atoms with Gasteiger partial charge in [0.2, 0.25) is 5.69 Å². The number of halogens is 2. The van der Waals surface area contributed by atoms with Crippen LogP contribution >= 0.6 is 11.6 Å². The molecule has 0 bridgehead atoms. The molecule has 0 aliphatic carbocycles. The number of hydrogen-bond donors (Lipinski definition) is 2. The zero-order chi connectivity index (χ0) is 24.9. The highest BCUT2D eigenvalue weighted by Gasteiger charge is 2.30. The smallest absolute Gasteiger partial charge is 0.272 e. The number of nitrogens with one attached hydrogen (secondary N) is 1. The quantitative estimate of drug-likeness (QED) is 0.400. The number of rotatable bonds is 4. The van der Waals surface area contributed by atoms with Gasteiger partial charge in [-0.15, -0.1) is 0 Å². The lowest BCUT2D eigenvalue weighted by Crippen LogP contribution is -2.26. The molecular formula is C25H23ClFN7O. The number of anilines is 1. The van der Waals surface area contributed by atoms with Crippen molar-refractivity contribution in [3.05, 3.63) is 68.8 Å². The first-order valence-corrected chi connectivity index (χ1v) is 11.6. The molecule has 4 aromatic rings. The predicted octanol–water partition coefficient (Wildman–Crippen LogP) is 4.78. The van der Waals surface area contributed by atoms with Crippen LogP contribution in [-0.4, -0.2) is 32.6 Å². The number of fused-ring (bicyclic) bond motifs is 1. The Kier molecular flexibility index (Phi) is 5.79. The van der Waals surface area contributed by atoms with E-state index >= 15 is 4.39 Å². The van der Waals surface area contributed by atoms with Crippen LogP contribution in [0.2, 0.25) is 5.02 Å². The molecular weight excluding hydrogens is 469 g/mol. The van der Waals surface area contributed by atoms with Crippen molar-refractivity contribution in [2.24, 2.45) is 12.8 Å². The van der Waals surface area contributed by atoms with E-state index in [9.17, 15) is 4.79 Å². The van der Waals surface area contributed by atoms with Crippen molar-refractivity contribution >= 4 is 33.7 Å². The average molecular weight is 492 g/mol. The summed E-state index contributed by atoms with van der Waals surface area (Å²) in [6, 6.07) is 7.01. The van der Waals surface area contributed by atoms with Crippen molar-refractivity contribution in [2.45, 2.75) is 32.4 Å². The fourth-order valence-electron chi connectivity index (χ4n) is 4.93. The molecule has 2 aromatic heterocycles. The molecule has 0 radical (unpaired) electrons. The van der Waals surface area contributed by atoms with Crippen LogP contribution in [0, 0.1) is 12.4 Å². The maximum absolute atomic E-state index is 15.7. The van der Waals surface area contributed by atoms with Crippen LogP contribution in [0.5, 0.6) is 0 Å². The number of benzene rings is 2. The highest BCUT2D eigenvalue weighted by molar-refractivity contribution is 6.31. The molecule has 178 valence electrons. The minimum absolute atomic E-state index is 0.0479. The van der Waals surface area contributed by atoms with E-state index < -0.39 is 5.82 Å². The third-order valence-corrected chi connectivity index (χ3v) is 6.97. The monoisotopic (exact) mass is 491 g/mol. The van der Waals surface area contributed by atoms with Gasteiger partial charge in [-0.05, 0) is 43.5 Å². The van der Waals surface area contributed by atoms with Gasteiger partial charge in [0.15, 0.2) is 0 Å². The number of aromatic amines is 1. The summed E-state index contributed by atoms with van der Waals surface area (Å²) in [5, 5.41) is 11.9. The SMILES string of the molecule is [C-]#[N+]c1c(N2CCCC2C)cc(Cl)c(F)c1-c1c(-c2ccc3c(=O)[nH]nc(CN)c3c2)cnn1C. The Morgan fingerprint density at radius 1 is 1.34 bits per heavy atom. The number of nitrogens with two attached hydrogens (primary N) is 1. The van der Waals surface area contributed by atoms with E-state index in [1.807, 2.05) is 0 Å². The largest absolute Gasteiger partial charge is 0.378 e. The summed E-state index contributed by atoms with van der Waals surface area (Å²) in [6.45, 7) is 11.0. The number of nitrogens with zero attached hydrogens (tertiary/aromatic N) is 5. The second-order valence-electron chi connectivity index (χ2n) is 8.71. The third-order valence-electron chi connectivity index (χ3n) is 6.69. The maximum atomic E-state index is 15.7. The van der Waals surface area contributed by atoms with E-state index in [2.05, 4.69) is 32.0 Å². The van der Waals surface area contributed by atoms with Crippen LogP contribution in [0.1, 0.15) is 25.5 Å². The summed E-state index contributed by atoms with van der Waals surface area (Å²) in [7, 11) is 1.70. The van der Waals surface area contributed by atoms with Gasteiger partial charge < -0.3 is 10.6 Å². The van der Waals surface area contributed by atoms with Crippen LogP contribution < -0.4 is 16.2 Å². The van der Waals surface area contributed by atoms with Gasteiger partial charge in [-0.25, -0.2) is 14.3 Å². The maximum Gasteiger partial charge on any atom is 0.272 e. The Labute approximate surface area is 205 Å². The number of aromatic nitrogens is 4. The lowest BCUT2D eigenvalue weighted by atomic mass is 9.96. The molecule has 35 heavy (non-hydrogen) atoms. The molecule has 1 aliphatic rings. The van der Waals surface area contributed by atoms with Crippen LogP contribution in [0.15, 0.2) is 35.3 Å². The summed E-state index contributed by atoms with van der Waals surface area (Å²) >= 11 is 6.38. The van der Waals surface area contributed by atoms with E-state index in [1.54, 1.807) is 42.2 Å². The van der Waals surface area contributed by atoms with E-state index in [0.29, 0.717) is 39.0 Å². The third kappa shape index (κ3) is 3.66. The van der Waals surface area contributed by atoms with Crippen molar-refractivity contribution in [1.82, 2.24) is 20.0 Å². The van der Waals surface area contributed by atoms with Gasteiger partial charge in [-0.2, -0.15) is 10.2 Å². The van der Waals surface area contributed by atoms with E-state index in [1.165, 1.54) is 0 Å². The number of aryl methyl sites for hydroxylation is 1. The Morgan fingerprint density at radius 3 is 2.83 bits per heavy atom. The molecule has 1 aliphatic heterocycles. The van der Waals surface area contributed by atoms with Gasteiger partial charge >= 0.3 is 0 Å². The molecule has 2 aromatic carbocycles. The molecule has 5 rings (SSSR count). The van der Waals surface area contributed by atoms with Crippen LogP contribution in [0.3, 0.4) is 0 Å². The van der Waals surface area contributed by atoms with E-state index in [4.69, 9.17) is 23.9 Å². The van der Waals surface area contributed by atoms with Crippen LogP contribution in [0.4, 0.5) is 15.8 Å². The molecule has 10 heteroatoms. The molecule has 0 spiro atoms. The van der Waals surface area contributed by atoms with E-state index in [-0.39, 0.29) is 34.4 Å². The van der Waals surface area contributed by atoms with Crippen molar-refractivity contribution in [1.29, 1.82) is 0 Å². The Hall–Kier alpha value is -3.74. The normalized spacial score (nSPS) is 15.7. The minimum Gasteiger partial charge on any atom is -0.378 e. The molecule has 0 saturated carbocycles. The molecule has 1 atom stereocenters. The van der Waals surface area contributed by atoms with Gasteiger partial charge in [-0.3, -0.25) is 9.48 Å². The van der Waals surface area contributed by atoms with Crippen LogP contribution in [-0.2, 0) is 13.6 Å². The van der Waals surface area contributed by atoms with Crippen LogP contribution in [0.25, 0.3) is 38.0 Å². The molecule has 1 fully saturated rings. The second kappa shape index (κ2) is 8.80. The summed E-state index contributed by atoms with van der Waals surface area (Å²) in [5.41, 5.74) is 8.70. The zero-order valence-electron chi connectivity index (χ0n) is 19.3. The van der Waals surface area contributed by atoms with Crippen molar-refractivity contribution in [3.8, 4) is 22.4 Å². The molecule has 3 N–H and O–H groups in total. The second-order valence-corrected chi connectivity index (χ2v) is 9.11. The zero-order valence-corrected chi connectivity index (χ0v) is 20.0. The highest BCUT2D eigenvalue weighted by atomic mass is 35.5. The van der Waals surface area contributed by atoms with Crippen molar-refractivity contribution < 1.29 is 4.39 Å². The summed E-state index contributed by atoms with van der Waals surface area (Å²) in [6.07, 6.45) is 3.60. The average Bonchev–Trinajstić information content (AvgIpc) is 3.45. The number of H-pyrrole nitrogens is 1. The summed E-state index contributed by atoms with van der Waals surface area (Å²) in [4.78, 5) is 18.1. The first-order valence-electron chi connectivity index (χ1n) is 11.3. The predicted molar refractivity (Wildman–Crippen MR) is 135 cm³/mol.